The predicted molar refractivity (Wildman–Crippen MR) is 60.8 cm³/mol. The van der Waals surface area contributed by atoms with Crippen molar-refractivity contribution in [3.05, 3.63) is 17.6 Å². The molecule has 2 heterocycles. The van der Waals surface area contributed by atoms with Crippen LogP contribution in [-0.4, -0.2) is 22.9 Å². The van der Waals surface area contributed by atoms with Crippen molar-refractivity contribution in [3.8, 4) is 5.75 Å². The number of hydrogen-bond donors (Lipinski definition) is 1. The van der Waals surface area contributed by atoms with E-state index in [1.165, 1.54) is 0 Å². The lowest BCUT2D eigenvalue weighted by atomic mass is 10.5. The molecule has 0 aliphatic heterocycles. The minimum Gasteiger partial charge on any atom is -0.505 e. The smallest absolute Gasteiger partial charge is 0.153 e. The summed E-state index contributed by atoms with van der Waals surface area (Å²) in [6.07, 6.45) is 1.79. The van der Waals surface area contributed by atoms with Gasteiger partial charge in [-0.05, 0) is 25.3 Å². The van der Waals surface area contributed by atoms with Crippen LogP contribution >= 0.6 is 11.3 Å². The Hall–Kier alpha value is -1.16. The Labute approximate surface area is 87.2 Å². The number of aromatic hydroxyl groups is 1. The van der Waals surface area contributed by atoms with Crippen LogP contribution in [0.5, 0.6) is 5.75 Å². The molecule has 76 valence electrons. The van der Waals surface area contributed by atoms with E-state index in [1.807, 2.05) is 16.1 Å². The Morgan fingerprint density at radius 3 is 2.79 bits per heavy atom. The minimum absolute atomic E-state index is 0.377. The van der Waals surface area contributed by atoms with Gasteiger partial charge in [0.2, 0.25) is 0 Å². The van der Waals surface area contributed by atoms with E-state index < -0.39 is 0 Å². The topological polar surface area (TPSA) is 28.4 Å². The number of hydrogen-bond acceptors (Lipinski definition) is 3. The Kier molecular flexibility index (Phi) is 2.37. The van der Waals surface area contributed by atoms with E-state index >= 15 is 0 Å². The lowest BCUT2D eigenvalue weighted by Gasteiger charge is -2.22. The zero-order valence-corrected chi connectivity index (χ0v) is 9.21. The molecule has 0 atom stereocenters. The van der Waals surface area contributed by atoms with Crippen LogP contribution in [0, 0.1) is 0 Å². The van der Waals surface area contributed by atoms with Gasteiger partial charge in [0.15, 0.2) is 5.75 Å². The van der Waals surface area contributed by atoms with Crippen LogP contribution in [0.15, 0.2) is 17.6 Å². The highest BCUT2D eigenvalue weighted by Crippen LogP contribution is 2.31. The molecule has 2 aromatic rings. The van der Waals surface area contributed by atoms with E-state index in [2.05, 4.69) is 18.9 Å². The monoisotopic (exact) mass is 210 g/mol. The minimum atomic E-state index is 0.377. The van der Waals surface area contributed by atoms with Crippen LogP contribution in [0.3, 0.4) is 0 Å². The normalized spacial score (nSPS) is 11.0. The van der Waals surface area contributed by atoms with Crippen LogP contribution in [0.25, 0.3) is 10.2 Å². The third kappa shape index (κ3) is 1.26. The van der Waals surface area contributed by atoms with E-state index in [0.29, 0.717) is 5.75 Å². The third-order valence-corrected chi connectivity index (χ3v) is 3.33. The molecule has 0 unspecified atom stereocenters. The maximum atomic E-state index is 9.68. The van der Waals surface area contributed by atoms with Crippen LogP contribution in [0.4, 0.5) is 0 Å². The fourth-order valence-corrected chi connectivity index (χ4v) is 2.47. The summed E-state index contributed by atoms with van der Waals surface area (Å²) < 4.78 is 3.00. The maximum Gasteiger partial charge on any atom is 0.153 e. The number of fused-ring (bicyclic) bond motifs is 1. The van der Waals surface area contributed by atoms with Crippen LogP contribution in [0.1, 0.15) is 13.8 Å². The van der Waals surface area contributed by atoms with E-state index in [-0.39, 0.29) is 0 Å². The molecule has 0 bridgehead atoms. The zero-order chi connectivity index (χ0) is 10.1. The molecule has 0 aliphatic rings. The first kappa shape index (κ1) is 9.40. The Balaban J connectivity index is 2.55. The summed E-state index contributed by atoms with van der Waals surface area (Å²) in [5, 5.41) is 13.9. The van der Waals surface area contributed by atoms with Gasteiger partial charge in [-0.1, -0.05) is 0 Å². The second-order valence-corrected chi connectivity index (χ2v) is 4.05. The van der Waals surface area contributed by atoms with Gasteiger partial charge in [0.05, 0.1) is 16.4 Å². The Morgan fingerprint density at radius 2 is 2.14 bits per heavy atom. The standard InChI is InChI=1S/C10H14N2OS/c1-3-11(4-2)12-7-9(13)10-8(12)5-6-14-10/h5-7,13H,3-4H2,1-2H3. The molecule has 0 fully saturated rings. The molecule has 3 nitrogen and oxygen atoms in total. The number of aromatic nitrogens is 1. The van der Waals surface area contributed by atoms with Gasteiger partial charge >= 0.3 is 0 Å². The lowest BCUT2D eigenvalue weighted by Crippen LogP contribution is -2.33. The van der Waals surface area contributed by atoms with Crippen molar-refractivity contribution in [3.63, 3.8) is 0 Å². The average molecular weight is 210 g/mol. The van der Waals surface area contributed by atoms with Crippen molar-refractivity contribution >= 4 is 21.6 Å². The molecule has 0 amide bonds. The summed E-state index contributed by atoms with van der Waals surface area (Å²) in [6.45, 7) is 6.10. The first-order valence-corrected chi connectivity index (χ1v) is 5.68. The first-order valence-electron chi connectivity index (χ1n) is 4.80. The molecule has 0 aromatic carbocycles. The summed E-state index contributed by atoms with van der Waals surface area (Å²) in [7, 11) is 0. The molecule has 2 rings (SSSR count). The van der Waals surface area contributed by atoms with Crippen molar-refractivity contribution in [2.45, 2.75) is 13.8 Å². The fraction of sp³-hybridized carbons (Fsp3) is 0.400. The highest BCUT2D eigenvalue weighted by molar-refractivity contribution is 7.17. The van der Waals surface area contributed by atoms with E-state index in [0.717, 1.165) is 23.3 Å². The molecule has 2 aromatic heterocycles. The van der Waals surface area contributed by atoms with Crippen molar-refractivity contribution in [2.24, 2.45) is 0 Å². The summed E-state index contributed by atoms with van der Waals surface area (Å²) in [6, 6.07) is 2.04. The number of nitrogens with zero attached hydrogens (tertiary/aromatic N) is 2. The molecule has 0 aliphatic carbocycles. The molecule has 1 N–H and O–H groups in total. The van der Waals surface area contributed by atoms with Crippen LogP contribution in [0.2, 0.25) is 0 Å². The molecule has 0 saturated heterocycles. The second-order valence-electron chi connectivity index (χ2n) is 3.13. The average Bonchev–Trinajstić information content (AvgIpc) is 2.74. The quantitative estimate of drug-likeness (QED) is 0.842. The summed E-state index contributed by atoms with van der Waals surface area (Å²) >= 11 is 1.58. The summed E-state index contributed by atoms with van der Waals surface area (Å²) in [5.74, 6) is 0.377. The molecule has 14 heavy (non-hydrogen) atoms. The molecule has 4 heteroatoms. The van der Waals surface area contributed by atoms with E-state index in [4.69, 9.17) is 0 Å². The summed E-state index contributed by atoms with van der Waals surface area (Å²) in [4.78, 5) is 0. The lowest BCUT2D eigenvalue weighted by molar-refractivity contribution is 0.477. The van der Waals surface area contributed by atoms with Gasteiger partial charge < -0.3 is 10.1 Å². The van der Waals surface area contributed by atoms with Crippen molar-refractivity contribution in [1.29, 1.82) is 0 Å². The second kappa shape index (κ2) is 3.53. The highest BCUT2D eigenvalue weighted by Gasteiger charge is 2.11. The Morgan fingerprint density at radius 1 is 1.43 bits per heavy atom. The van der Waals surface area contributed by atoms with Gasteiger partial charge in [0, 0.05) is 13.1 Å². The summed E-state index contributed by atoms with van der Waals surface area (Å²) in [5.41, 5.74) is 1.09. The van der Waals surface area contributed by atoms with Crippen molar-refractivity contribution in [1.82, 2.24) is 4.68 Å². The van der Waals surface area contributed by atoms with Gasteiger partial charge in [-0.2, -0.15) is 0 Å². The third-order valence-electron chi connectivity index (χ3n) is 2.40. The first-order chi connectivity index (χ1) is 6.77. The van der Waals surface area contributed by atoms with Gasteiger partial charge in [0.1, 0.15) is 0 Å². The SMILES string of the molecule is CCN(CC)n1cc(O)c2sccc21. The number of rotatable bonds is 3. The predicted octanol–water partition coefficient (Wildman–Crippen LogP) is 2.39. The van der Waals surface area contributed by atoms with Crippen molar-refractivity contribution < 1.29 is 5.11 Å². The van der Waals surface area contributed by atoms with Gasteiger partial charge in [0.25, 0.3) is 0 Å². The van der Waals surface area contributed by atoms with Crippen LogP contribution < -0.4 is 5.01 Å². The molecular formula is C10H14N2OS. The highest BCUT2D eigenvalue weighted by atomic mass is 32.1. The molecule has 0 spiro atoms. The molecule has 0 radical (unpaired) electrons. The van der Waals surface area contributed by atoms with E-state index in [1.54, 1.807) is 17.5 Å². The fourth-order valence-electron chi connectivity index (χ4n) is 1.68. The van der Waals surface area contributed by atoms with Gasteiger partial charge in [-0.25, -0.2) is 0 Å². The van der Waals surface area contributed by atoms with Crippen LogP contribution in [-0.2, 0) is 0 Å². The molecular weight excluding hydrogens is 196 g/mol. The van der Waals surface area contributed by atoms with E-state index in [9.17, 15) is 5.11 Å². The van der Waals surface area contributed by atoms with Gasteiger partial charge in [-0.15, -0.1) is 11.3 Å². The Bertz CT molecular complexity index is 428. The zero-order valence-electron chi connectivity index (χ0n) is 8.40. The van der Waals surface area contributed by atoms with Crippen molar-refractivity contribution in [2.75, 3.05) is 18.1 Å². The maximum absolute atomic E-state index is 9.68. The number of thiophene rings is 1. The largest absolute Gasteiger partial charge is 0.505 e. The van der Waals surface area contributed by atoms with Gasteiger partial charge in [-0.3, -0.25) is 4.68 Å². The molecule has 0 saturated carbocycles.